The van der Waals surface area contributed by atoms with E-state index in [9.17, 15) is 13.2 Å². The molecule has 0 aromatic heterocycles. The first kappa shape index (κ1) is 21.8. The summed E-state index contributed by atoms with van der Waals surface area (Å²) in [5.41, 5.74) is 1.47. The fourth-order valence-electron chi connectivity index (χ4n) is 3.36. The molecule has 1 saturated heterocycles. The third kappa shape index (κ3) is 5.57. The molecule has 1 aliphatic heterocycles. The van der Waals surface area contributed by atoms with Crippen molar-refractivity contribution in [1.82, 2.24) is 4.31 Å². The average molecular weight is 437 g/mol. The van der Waals surface area contributed by atoms with Crippen LogP contribution in [0.4, 0.5) is 5.69 Å². The third-order valence-corrected chi connectivity index (χ3v) is 6.96. The number of benzene rings is 2. The van der Waals surface area contributed by atoms with Crippen molar-refractivity contribution < 1.29 is 17.9 Å². The van der Waals surface area contributed by atoms with Gasteiger partial charge in [-0.2, -0.15) is 4.31 Å². The smallest absolute Gasteiger partial charge is 0.243 e. The van der Waals surface area contributed by atoms with E-state index in [1.165, 1.54) is 16.4 Å². The molecule has 6 nitrogen and oxygen atoms in total. The summed E-state index contributed by atoms with van der Waals surface area (Å²) in [6.07, 6.45) is 0.522. The summed E-state index contributed by atoms with van der Waals surface area (Å²) in [6.45, 7) is 4.37. The number of ether oxygens (including phenoxy) is 1. The molecule has 3 rings (SSSR count). The molecular weight excluding hydrogens is 412 g/mol. The van der Waals surface area contributed by atoms with E-state index in [1.807, 2.05) is 32.0 Å². The molecular formula is C21H25ClN2O4S. The zero-order chi connectivity index (χ0) is 21.0. The standard InChI is InChI=1S/C21H25ClN2O4S/c1-15-13-24(14-16(2)28-15)29(26,27)19-10-8-18(9-11-19)23-21(25)12-7-17-5-3-4-6-20(17)22/h3-6,8-11,15-16H,7,12-14H2,1-2H3,(H,23,25). The molecule has 0 saturated carbocycles. The van der Waals surface area contributed by atoms with Gasteiger partial charge in [-0.15, -0.1) is 0 Å². The number of amides is 1. The van der Waals surface area contributed by atoms with Crippen molar-refractivity contribution in [1.29, 1.82) is 0 Å². The number of halogens is 1. The Labute approximate surface area is 176 Å². The van der Waals surface area contributed by atoms with Crippen LogP contribution >= 0.6 is 11.6 Å². The molecule has 2 aromatic rings. The van der Waals surface area contributed by atoms with Crippen LogP contribution in [0.2, 0.25) is 5.02 Å². The van der Waals surface area contributed by atoms with Crippen LogP contribution < -0.4 is 5.32 Å². The Morgan fingerprint density at radius 2 is 1.72 bits per heavy atom. The molecule has 2 unspecified atom stereocenters. The first-order chi connectivity index (χ1) is 13.8. The number of anilines is 1. The number of hydrogen-bond donors (Lipinski definition) is 1. The Hall–Kier alpha value is -1.93. The van der Waals surface area contributed by atoms with Crippen LogP contribution in [0.5, 0.6) is 0 Å². The van der Waals surface area contributed by atoms with Gasteiger partial charge in [0.1, 0.15) is 0 Å². The second-order valence-electron chi connectivity index (χ2n) is 7.24. The molecule has 0 spiro atoms. The lowest BCUT2D eigenvalue weighted by atomic mass is 10.1. The fraction of sp³-hybridized carbons (Fsp3) is 0.381. The number of rotatable bonds is 6. The fourth-order valence-corrected chi connectivity index (χ4v) is 5.18. The summed E-state index contributed by atoms with van der Waals surface area (Å²) in [5, 5.41) is 3.43. The lowest BCUT2D eigenvalue weighted by molar-refractivity contribution is -0.116. The van der Waals surface area contributed by atoms with E-state index in [-0.39, 0.29) is 29.4 Å². The molecule has 2 atom stereocenters. The van der Waals surface area contributed by atoms with Gasteiger partial charge in [0.25, 0.3) is 0 Å². The molecule has 0 bridgehead atoms. The maximum Gasteiger partial charge on any atom is 0.243 e. The number of sulfonamides is 1. The van der Waals surface area contributed by atoms with E-state index in [1.54, 1.807) is 18.2 Å². The van der Waals surface area contributed by atoms with Gasteiger partial charge in [0.2, 0.25) is 15.9 Å². The van der Waals surface area contributed by atoms with Crippen LogP contribution in [0.25, 0.3) is 0 Å². The van der Waals surface area contributed by atoms with E-state index in [0.29, 0.717) is 30.2 Å². The molecule has 1 fully saturated rings. The average Bonchev–Trinajstić information content (AvgIpc) is 2.67. The van der Waals surface area contributed by atoms with Crippen molar-refractivity contribution in [2.45, 2.75) is 43.8 Å². The van der Waals surface area contributed by atoms with Crippen molar-refractivity contribution in [3.8, 4) is 0 Å². The van der Waals surface area contributed by atoms with Crippen molar-refractivity contribution in [2.75, 3.05) is 18.4 Å². The number of nitrogens with zero attached hydrogens (tertiary/aromatic N) is 1. The van der Waals surface area contributed by atoms with Gasteiger partial charge in [-0.25, -0.2) is 8.42 Å². The highest BCUT2D eigenvalue weighted by molar-refractivity contribution is 7.89. The van der Waals surface area contributed by atoms with Gasteiger partial charge in [0.15, 0.2) is 0 Å². The molecule has 2 aromatic carbocycles. The maximum atomic E-state index is 12.9. The van der Waals surface area contributed by atoms with E-state index in [2.05, 4.69) is 5.32 Å². The van der Waals surface area contributed by atoms with Gasteiger partial charge in [0.05, 0.1) is 17.1 Å². The van der Waals surface area contributed by atoms with Crippen LogP contribution in [-0.4, -0.2) is 43.9 Å². The molecule has 8 heteroatoms. The number of morpholine rings is 1. The minimum Gasteiger partial charge on any atom is -0.373 e. The Kier molecular flexibility index (Phi) is 6.95. The summed E-state index contributed by atoms with van der Waals surface area (Å²) in [4.78, 5) is 12.4. The number of aryl methyl sites for hydroxylation is 1. The summed E-state index contributed by atoms with van der Waals surface area (Å²) < 4.78 is 32.8. The monoisotopic (exact) mass is 436 g/mol. The van der Waals surface area contributed by atoms with Crippen LogP contribution in [0.3, 0.4) is 0 Å². The van der Waals surface area contributed by atoms with Gasteiger partial charge in [-0.05, 0) is 56.2 Å². The Balaban J connectivity index is 1.61. The maximum absolute atomic E-state index is 12.9. The molecule has 1 N–H and O–H groups in total. The van der Waals surface area contributed by atoms with Crippen molar-refractivity contribution in [3.63, 3.8) is 0 Å². The number of carbonyl (C=O) groups is 1. The predicted molar refractivity (Wildman–Crippen MR) is 114 cm³/mol. The van der Waals surface area contributed by atoms with Gasteiger partial charge in [-0.1, -0.05) is 29.8 Å². The Morgan fingerprint density at radius 3 is 2.34 bits per heavy atom. The lowest BCUT2D eigenvalue weighted by Crippen LogP contribution is -2.48. The topological polar surface area (TPSA) is 75.7 Å². The molecule has 29 heavy (non-hydrogen) atoms. The largest absolute Gasteiger partial charge is 0.373 e. The van der Waals surface area contributed by atoms with E-state index in [4.69, 9.17) is 16.3 Å². The Bertz CT molecular complexity index is 953. The predicted octanol–water partition coefficient (Wildman–Crippen LogP) is 3.71. The van der Waals surface area contributed by atoms with Gasteiger partial charge in [-0.3, -0.25) is 4.79 Å². The zero-order valence-corrected chi connectivity index (χ0v) is 18.0. The van der Waals surface area contributed by atoms with Gasteiger partial charge >= 0.3 is 0 Å². The molecule has 156 valence electrons. The minimum atomic E-state index is -3.60. The first-order valence-corrected chi connectivity index (χ1v) is 11.4. The number of carbonyl (C=O) groups excluding carboxylic acids is 1. The first-order valence-electron chi connectivity index (χ1n) is 9.54. The summed E-state index contributed by atoms with van der Waals surface area (Å²) in [5.74, 6) is -0.156. The highest BCUT2D eigenvalue weighted by Gasteiger charge is 2.32. The summed E-state index contributed by atoms with van der Waals surface area (Å²) >= 11 is 6.11. The van der Waals surface area contributed by atoms with Crippen molar-refractivity contribution >= 4 is 33.2 Å². The van der Waals surface area contributed by atoms with Crippen molar-refractivity contribution in [2.24, 2.45) is 0 Å². The van der Waals surface area contributed by atoms with E-state index >= 15 is 0 Å². The second-order valence-corrected chi connectivity index (χ2v) is 9.59. The number of hydrogen-bond acceptors (Lipinski definition) is 4. The van der Waals surface area contributed by atoms with Crippen molar-refractivity contribution in [3.05, 3.63) is 59.1 Å². The minimum absolute atomic E-state index is 0.148. The summed E-state index contributed by atoms with van der Waals surface area (Å²) in [6, 6.07) is 13.7. The van der Waals surface area contributed by atoms with Crippen LogP contribution in [0.1, 0.15) is 25.8 Å². The van der Waals surface area contributed by atoms with E-state index in [0.717, 1.165) is 5.56 Å². The van der Waals surface area contributed by atoms with Gasteiger partial charge in [0, 0.05) is 30.2 Å². The van der Waals surface area contributed by atoms with Gasteiger partial charge < -0.3 is 10.1 Å². The Morgan fingerprint density at radius 1 is 1.10 bits per heavy atom. The van der Waals surface area contributed by atoms with Crippen LogP contribution in [0.15, 0.2) is 53.4 Å². The molecule has 1 aliphatic rings. The van der Waals surface area contributed by atoms with Crippen LogP contribution in [-0.2, 0) is 26.0 Å². The SMILES string of the molecule is CC1CN(S(=O)(=O)c2ccc(NC(=O)CCc3ccccc3Cl)cc2)CC(C)O1. The number of nitrogens with one attached hydrogen (secondary N) is 1. The molecule has 0 radical (unpaired) electrons. The molecule has 0 aliphatic carbocycles. The highest BCUT2D eigenvalue weighted by atomic mass is 35.5. The quantitative estimate of drug-likeness (QED) is 0.748. The van der Waals surface area contributed by atoms with Crippen LogP contribution in [0, 0.1) is 0 Å². The zero-order valence-electron chi connectivity index (χ0n) is 16.5. The third-order valence-electron chi connectivity index (χ3n) is 4.74. The second kappa shape index (κ2) is 9.26. The normalized spacial score (nSPS) is 20.4. The van der Waals surface area contributed by atoms with E-state index < -0.39 is 10.0 Å². The summed E-state index contributed by atoms with van der Waals surface area (Å²) in [7, 11) is -3.60. The molecule has 1 amide bonds. The highest BCUT2D eigenvalue weighted by Crippen LogP contribution is 2.23. The lowest BCUT2D eigenvalue weighted by Gasteiger charge is -2.34. The molecule has 1 heterocycles.